The maximum Gasteiger partial charge on any atom is 0.125 e. The Labute approximate surface area is 126 Å². The van der Waals surface area contributed by atoms with Crippen molar-refractivity contribution in [2.75, 3.05) is 0 Å². The minimum absolute atomic E-state index is 0.0460. The van der Waals surface area contributed by atoms with Crippen molar-refractivity contribution in [2.45, 2.75) is 32.8 Å². The number of halogens is 2. The summed E-state index contributed by atoms with van der Waals surface area (Å²) in [5, 5.41) is 11.3. The minimum atomic E-state index is -0.473. The Morgan fingerprint density at radius 3 is 2.90 bits per heavy atom. The van der Waals surface area contributed by atoms with Gasteiger partial charge in [-0.15, -0.1) is 11.3 Å². The zero-order chi connectivity index (χ0) is 14.5. The third-order valence-electron chi connectivity index (χ3n) is 3.58. The minimum Gasteiger partial charge on any atom is -0.387 e. The van der Waals surface area contributed by atoms with Gasteiger partial charge in [-0.25, -0.2) is 9.37 Å². The van der Waals surface area contributed by atoms with Crippen molar-refractivity contribution in [2.24, 2.45) is 5.41 Å². The highest BCUT2D eigenvalue weighted by Gasteiger charge is 2.34. The van der Waals surface area contributed by atoms with Crippen LogP contribution in [-0.2, 0) is 6.42 Å². The van der Waals surface area contributed by atoms with E-state index < -0.39 is 6.10 Å². The Bertz CT molecular complexity index is 668. The van der Waals surface area contributed by atoms with Gasteiger partial charge in [0.15, 0.2) is 0 Å². The van der Waals surface area contributed by atoms with Gasteiger partial charge in [-0.2, -0.15) is 0 Å². The molecule has 2 aromatic rings. The molecule has 106 valence electrons. The van der Waals surface area contributed by atoms with Crippen molar-refractivity contribution in [3.8, 4) is 10.6 Å². The predicted octanol–water partition coefficient (Wildman–Crippen LogP) is 4.61. The molecule has 0 fully saturated rings. The molecule has 0 saturated heterocycles. The molecular weight excluding hydrogens is 297 g/mol. The second-order valence-corrected chi connectivity index (χ2v) is 7.45. The van der Waals surface area contributed by atoms with E-state index in [4.69, 9.17) is 11.6 Å². The summed E-state index contributed by atoms with van der Waals surface area (Å²) in [7, 11) is 0. The molecule has 20 heavy (non-hydrogen) atoms. The van der Waals surface area contributed by atoms with Gasteiger partial charge >= 0.3 is 0 Å². The van der Waals surface area contributed by atoms with Gasteiger partial charge in [0.25, 0.3) is 0 Å². The number of hydrogen-bond donors (Lipinski definition) is 1. The maximum atomic E-state index is 13.1. The van der Waals surface area contributed by atoms with Crippen LogP contribution in [0.4, 0.5) is 4.39 Å². The van der Waals surface area contributed by atoms with Gasteiger partial charge in [-0.05, 0) is 36.5 Å². The van der Waals surface area contributed by atoms with Crippen LogP contribution in [0.1, 0.15) is 36.9 Å². The first kappa shape index (κ1) is 14.0. The molecule has 0 saturated carbocycles. The summed E-state index contributed by atoms with van der Waals surface area (Å²) < 4.78 is 13.1. The molecule has 1 atom stereocenters. The number of aromatic nitrogens is 1. The molecule has 1 aliphatic carbocycles. The van der Waals surface area contributed by atoms with Crippen LogP contribution < -0.4 is 0 Å². The standard InChI is InChI=1S/C15H15ClFNOS/c1-15(2)6-11-13(12(19)7-15)20-14(18-11)9-4-3-8(17)5-10(9)16/h3-5,12,19H,6-7H2,1-2H3. The van der Waals surface area contributed by atoms with Crippen molar-refractivity contribution >= 4 is 22.9 Å². The Morgan fingerprint density at radius 1 is 1.45 bits per heavy atom. The molecule has 2 nitrogen and oxygen atoms in total. The molecule has 1 aromatic heterocycles. The van der Waals surface area contributed by atoms with E-state index in [0.717, 1.165) is 34.0 Å². The van der Waals surface area contributed by atoms with E-state index in [1.165, 1.54) is 23.5 Å². The number of aliphatic hydroxyl groups is 1. The maximum absolute atomic E-state index is 13.1. The van der Waals surface area contributed by atoms with Gasteiger partial charge in [0.05, 0.1) is 21.7 Å². The number of aliphatic hydroxyl groups excluding tert-OH is 1. The predicted molar refractivity (Wildman–Crippen MR) is 79.6 cm³/mol. The molecule has 1 N–H and O–H groups in total. The van der Waals surface area contributed by atoms with Gasteiger partial charge in [0.2, 0.25) is 0 Å². The Morgan fingerprint density at radius 2 is 2.20 bits per heavy atom. The van der Waals surface area contributed by atoms with Crippen molar-refractivity contribution in [1.82, 2.24) is 4.98 Å². The van der Waals surface area contributed by atoms with E-state index in [1.807, 2.05) is 0 Å². The lowest BCUT2D eigenvalue weighted by atomic mass is 9.77. The van der Waals surface area contributed by atoms with E-state index in [9.17, 15) is 9.50 Å². The number of fused-ring (bicyclic) bond motifs is 1. The highest BCUT2D eigenvalue weighted by Crippen LogP contribution is 2.45. The van der Waals surface area contributed by atoms with Gasteiger partial charge in [0.1, 0.15) is 10.8 Å². The third-order valence-corrected chi connectivity index (χ3v) is 5.13. The lowest BCUT2D eigenvalue weighted by Crippen LogP contribution is -2.24. The molecule has 1 heterocycles. The van der Waals surface area contributed by atoms with Gasteiger partial charge < -0.3 is 5.11 Å². The lowest BCUT2D eigenvalue weighted by molar-refractivity contribution is 0.102. The summed E-state index contributed by atoms with van der Waals surface area (Å²) in [5.41, 5.74) is 1.70. The largest absolute Gasteiger partial charge is 0.387 e. The van der Waals surface area contributed by atoms with Crippen LogP contribution in [0.2, 0.25) is 5.02 Å². The second-order valence-electron chi connectivity index (χ2n) is 6.02. The summed E-state index contributed by atoms with van der Waals surface area (Å²) in [5.74, 6) is -0.360. The zero-order valence-corrected chi connectivity index (χ0v) is 12.9. The Hall–Kier alpha value is -0.970. The first-order valence-electron chi connectivity index (χ1n) is 6.49. The molecular formula is C15H15ClFNOS. The van der Waals surface area contributed by atoms with Crippen LogP contribution in [0.15, 0.2) is 18.2 Å². The highest BCUT2D eigenvalue weighted by molar-refractivity contribution is 7.15. The van der Waals surface area contributed by atoms with Crippen LogP contribution in [0.3, 0.4) is 0 Å². The summed E-state index contributed by atoms with van der Waals surface area (Å²) in [6.45, 7) is 4.26. The smallest absolute Gasteiger partial charge is 0.125 e. The van der Waals surface area contributed by atoms with Crippen molar-refractivity contribution in [3.63, 3.8) is 0 Å². The molecule has 0 bridgehead atoms. The molecule has 0 amide bonds. The van der Waals surface area contributed by atoms with Gasteiger partial charge in [0, 0.05) is 5.56 Å². The van der Waals surface area contributed by atoms with E-state index in [2.05, 4.69) is 18.8 Å². The molecule has 5 heteroatoms. The highest BCUT2D eigenvalue weighted by atomic mass is 35.5. The van der Waals surface area contributed by atoms with Crippen LogP contribution in [0.5, 0.6) is 0 Å². The molecule has 0 spiro atoms. The van der Waals surface area contributed by atoms with Crippen molar-refractivity contribution < 1.29 is 9.50 Å². The number of hydrogen-bond acceptors (Lipinski definition) is 3. The van der Waals surface area contributed by atoms with E-state index in [-0.39, 0.29) is 11.2 Å². The average Bonchev–Trinajstić information content (AvgIpc) is 2.70. The van der Waals surface area contributed by atoms with Gasteiger partial charge in [-0.1, -0.05) is 25.4 Å². The number of rotatable bonds is 1. The molecule has 1 aromatic carbocycles. The average molecular weight is 312 g/mol. The Balaban J connectivity index is 2.06. The number of thiazole rings is 1. The quantitative estimate of drug-likeness (QED) is 0.834. The van der Waals surface area contributed by atoms with E-state index in [1.54, 1.807) is 6.07 Å². The monoisotopic (exact) mass is 311 g/mol. The van der Waals surface area contributed by atoms with Crippen molar-refractivity contribution in [3.05, 3.63) is 39.6 Å². The van der Waals surface area contributed by atoms with Gasteiger partial charge in [-0.3, -0.25) is 0 Å². The fraction of sp³-hybridized carbons (Fsp3) is 0.400. The molecule has 0 radical (unpaired) electrons. The summed E-state index contributed by atoms with van der Waals surface area (Å²) in [6.07, 6.45) is 1.10. The van der Waals surface area contributed by atoms with Crippen LogP contribution in [-0.4, -0.2) is 10.1 Å². The summed E-state index contributed by atoms with van der Waals surface area (Å²) in [4.78, 5) is 5.53. The lowest BCUT2D eigenvalue weighted by Gasteiger charge is -2.31. The van der Waals surface area contributed by atoms with E-state index >= 15 is 0 Å². The molecule has 3 rings (SSSR count). The topological polar surface area (TPSA) is 33.1 Å². The molecule has 0 aliphatic heterocycles. The third kappa shape index (κ3) is 2.48. The molecule has 1 aliphatic rings. The second kappa shape index (κ2) is 4.79. The zero-order valence-electron chi connectivity index (χ0n) is 11.3. The number of benzene rings is 1. The van der Waals surface area contributed by atoms with Crippen LogP contribution in [0.25, 0.3) is 10.6 Å². The molecule has 1 unspecified atom stereocenters. The summed E-state index contributed by atoms with van der Waals surface area (Å²) in [6, 6.07) is 4.30. The first-order valence-corrected chi connectivity index (χ1v) is 7.68. The fourth-order valence-corrected chi connectivity index (χ4v) is 4.09. The van der Waals surface area contributed by atoms with E-state index in [0.29, 0.717) is 5.02 Å². The number of nitrogens with zero attached hydrogens (tertiary/aromatic N) is 1. The normalized spacial score (nSPS) is 20.8. The van der Waals surface area contributed by atoms with Crippen LogP contribution in [0, 0.1) is 11.2 Å². The Kier molecular flexibility index (Phi) is 3.35. The van der Waals surface area contributed by atoms with Crippen LogP contribution >= 0.6 is 22.9 Å². The SMILES string of the molecule is CC1(C)Cc2nc(-c3ccc(F)cc3Cl)sc2C(O)C1. The summed E-state index contributed by atoms with van der Waals surface area (Å²) >= 11 is 7.53. The van der Waals surface area contributed by atoms with Crippen molar-refractivity contribution in [1.29, 1.82) is 0 Å². The fourth-order valence-electron chi connectivity index (χ4n) is 2.67. The first-order chi connectivity index (χ1) is 9.35.